The van der Waals surface area contributed by atoms with Crippen molar-refractivity contribution in [2.75, 3.05) is 26.8 Å². The molecule has 1 amide bonds. The van der Waals surface area contributed by atoms with Crippen molar-refractivity contribution >= 4 is 6.41 Å². The van der Waals surface area contributed by atoms with Crippen LogP contribution in [0.15, 0.2) is 0 Å². The largest absolute Gasteiger partial charge is 0.381 e. The van der Waals surface area contributed by atoms with Crippen molar-refractivity contribution < 1.29 is 9.53 Å². The van der Waals surface area contributed by atoms with Crippen LogP contribution in [0.4, 0.5) is 0 Å². The highest BCUT2D eigenvalue weighted by Crippen LogP contribution is 2.18. The molecule has 1 heterocycles. The third-order valence-corrected chi connectivity index (χ3v) is 2.63. The molecule has 2 atom stereocenters. The molecule has 0 aromatic rings. The molecule has 0 spiro atoms. The van der Waals surface area contributed by atoms with Crippen LogP contribution in [0.2, 0.25) is 0 Å². The first kappa shape index (κ1) is 11.5. The topological polar surface area (TPSA) is 50.4 Å². The second-order valence-electron chi connectivity index (χ2n) is 3.86. The number of hydrogen-bond donors (Lipinski definition) is 2. The van der Waals surface area contributed by atoms with Crippen molar-refractivity contribution in [3.63, 3.8) is 0 Å². The van der Waals surface area contributed by atoms with E-state index in [-0.39, 0.29) is 6.04 Å². The Bertz CT molecular complexity index is 158. The summed E-state index contributed by atoms with van der Waals surface area (Å²) in [4.78, 5) is 10.4. The third kappa shape index (κ3) is 4.07. The molecule has 2 unspecified atom stereocenters. The first-order valence-electron chi connectivity index (χ1n) is 5.29. The summed E-state index contributed by atoms with van der Waals surface area (Å²) in [5, 5.41) is 5.91. The van der Waals surface area contributed by atoms with Gasteiger partial charge in [-0.1, -0.05) is 0 Å². The molecule has 0 radical (unpaired) electrons. The summed E-state index contributed by atoms with van der Waals surface area (Å²) < 4.78 is 5.40. The fourth-order valence-electron chi connectivity index (χ4n) is 1.95. The molecule has 0 bridgehead atoms. The van der Waals surface area contributed by atoms with Crippen molar-refractivity contribution in [3.05, 3.63) is 0 Å². The average Bonchev–Trinajstić information content (AvgIpc) is 2.20. The standard InChI is InChI=1S/C10H20N2O2/c1-11-6-10(12-8-13)5-9-3-2-4-14-7-9/h8-11H,2-7H2,1H3,(H,12,13). The molecule has 4 nitrogen and oxygen atoms in total. The lowest BCUT2D eigenvalue weighted by atomic mass is 9.94. The zero-order chi connectivity index (χ0) is 10.2. The van der Waals surface area contributed by atoms with Crippen LogP contribution >= 0.6 is 0 Å². The quantitative estimate of drug-likeness (QED) is 0.600. The van der Waals surface area contributed by atoms with E-state index < -0.39 is 0 Å². The van der Waals surface area contributed by atoms with Gasteiger partial charge in [0.2, 0.25) is 6.41 Å². The van der Waals surface area contributed by atoms with Gasteiger partial charge in [0.15, 0.2) is 0 Å². The monoisotopic (exact) mass is 200 g/mol. The SMILES string of the molecule is CNCC(CC1CCCOC1)NC=O. The van der Waals surface area contributed by atoms with Crippen LogP contribution < -0.4 is 10.6 Å². The summed E-state index contributed by atoms with van der Waals surface area (Å²) in [7, 11) is 1.90. The molecule has 0 aromatic heterocycles. The minimum Gasteiger partial charge on any atom is -0.381 e. The van der Waals surface area contributed by atoms with Gasteiger partial charge in [0.1, 0.15) is 0 Å². The van der Waals surface area contributed by atoms with Crippen LogP contribution in [0.25, 0.3) is 0 Å². The maximum Gasteiger partial charge on any atom is 0.207 e. The minimum absolute atomic E-state index is 0.240. The van der Waals surface area contributed by atoms with Crippen LogP contribution in [0, 0.1) is 5.92 Å². The second-order valence-corrected chi connectivity index (χ2v) is 3.86. The molecular weight excluding hydrogens is 180 g/mol. The molecule has 0 aliphatic carbocycles. The molecule has 0 aromatic carbocycles. The molecule has 1 saturated heterocycles. The van der Waals surface area contributed by atoms with Gasteiger partial charge < -0.3 is 15.4 Å². The van der Waals surface area contributed by atoms with E-state index in [0.29, 0.717) is 5.92 Å². The van der Waals surface area contributed by atoms with E-state index in [1.54, 1.807) is 0 Å². The Hall–Kier alpha value is -0.610. The van der Waals surface area contributed by atoms with Gasteiger partial charge in [0, 0.05) is 25.8 Å². The van der Waals surface area contributed by atoms with Crippen LogP contribution in [0.5, 0.6) is 0 Å². The zero-order valence-electron chi connectivity index (χ0n) is 8.79. The first-order valence-corrected chi connectivity index (χ1v) is 5.29. The van der Waals surface area contributed by atoms with E-state index in [2.05, 4.69) is 10.6 Å². The Labute approximate surface area is 85.4 Å². The Morgan fingerprint density at radius 2 is 2.50 bits per heavy atom. The predicted octanol–water partition coefficient (Wildman–Crippen LogP) is 0.137. The highest BCUT2D eigenvalue weighted by molar-refractivity contribution is 5.46. The van der Waals surface area contributed by atoms with Gasteiger partial charge in [0.25, 0.3) is 0 Å². The first-order chi connectivity index (χ1) is 6.86. The summed E-state index contributed by atoms with van der Waals surface area (Å²) in [5.41, 5.74) is 0. The summed E-state index contributed by atoms with van der Waals surface area (Å²) in [6.07, 6.45) is 4.17. The van der Waals surface area contributed by atoms with E-state index in [0.717, 1.165) is 39.0 Å². The fourth-order valence-corrected chi connectivity index (χ4v) is 1.95. The smallest absolute Gasteiger partial charge is 0.207 e. The molecular formula is C10H20N2O2. The zero-order valence-corrected chi connectivity index (χ0v) is 8.79. The van der Waals surface area contributed by atoms with Gasteiger partial charge in [-0.05, 0) is 32.2 Å². The molecule has 4 heteroatoms. The van der Waals surface area contributed by atoms with Crippen molar-refractivity contribution in [1.29, 1.82) is 0 Å². The number of carbonyl (C=O) groups excluding carboxylic acids is 1. The summed E-state index contributed by atoms with van der Waals surface area (Å²) >= 11 is 0. The number of carbonyl (C=O) groups is 1. The van der Waals surface area contributed by atoms with E-state index >= 15 is 0 Å². The maximum absolute atomic E-state index is 10.4. The van der Waals surface area contributed by atoms with Gasteiger partial charge >= 0.3 is 0 Å². The lowest BCUT2D eigenvalue weighted by Crippen LogP contribution is -2.39. The van der Waals surface area contributed by atoms with E-state index in [1.807, 2.05) is 7.05 Å². The summed E-state index contributed by atoms with van der Waals surface area (Å²) in [6.45, 7) is 2.57. The van der Waals surface area contributed by atoms with Gasteiger partial charge in [-0.15, -0.1) is 0 Å². The molecule has 82 valence electrons. The van der Waals surface area contributed by atoms with E-state index in [4.69, 9.17) is 4.74 Å². The Kier molecular flexibility index (Phi) is 5.56. The predicted molar refractivity (Wildman–Crippen MR) is 55.1 cm³/mol. The van der Waals surface area contributed by atoms with Gasteiger partial charge in [-0.25, -0.2) is 0 Å². The molecule has 1 aliphatic rings. The van der Waals surface area contributed by atoms with Gasteiger partial charge in [-0.2, -0.15) is 0 Å². The van der Waals surface area contributed by atoms with E-state index in [9.17, 15) is 4.79 Å². The van der Waals surface area contributed by atoms with Crippen LogP contribution in [-0.4, -0.2) is 39.3 Å². The van der Waals surface area contributed by atoms with Crippen LogP contribution in [-0.2, 0) is 9.53 Å². The number of hydrogen-bond acceptors (Lipinski definition) is 3. The summed E-state index contributed by atoms with van der Waals surface area (Å²) in [6, 6.07) is 0.240. The van der Waals surface area contributed by atoms with Crippen molar-refractivity contribution in [1.82, 2.24) is 10.6 Å². The second kappa shape index (κ2) is 6.79. The molecule has 0 saturated carbocycles. The minimum atomic E-state index is 0.240. The normalized spacial score (nSPS) is 24.2. The fraction of sp³-hybridized carbons (Fsp3) is 0.900. The van der Waals surface area contributed by atoms with Gasteiger partial charge in [-0.3, -0.25) is 4.79 Å². The highest BCUT2D eigenvalue weighted by atomic mass is 16.5. The lowest BCUT2D eigenvalue weighted by molar-refractivity contribution is -0.110. The number of nitrogens with one attached hydrogen (secondary N) is 2. The number of ether oxygens (including phenoxy) is 1. The number of rotatable bonds is 6. The Morgan fingerprint density at radius 3 is 3.07 bits per heavy atom. The number of likely N-dealkylation sites (N-methyl/N-ethyl adjacent to an activating group) is 1. The van der Waals surface area contributed by atoms with Crippen molar-refractivity contribution in [2.45, 2.75) is 25.3 Å². The number of amides is 1. The van der Waals surface area contributed by atoms with Crippen molar-refractivity contribution in [3.8, 4) is 0 Å². The molecule has 1 rings (SSSR count). The summed E-state index contributed by atoms with van der Waals surface area (Å²) in [5.74, 6) is 0.606. The third-order valence-electron chi connectivity index (χ3n) is 2.63. The maximum atomic E-state index is 10.4. The Morgan fingerprint density at radius 1 is 1.64 bits per heavy atom. The van der Waals surface area contributed by atoms with Crippen LogP contribution in [0.1, 0.15) is 19.3 Å². The highest BCUT2D eigenvalue weighted by Gasteiger charge is 2.18. The molecule has 1 fully saturated rings. The van der Waals surface area contributed by atoms with E-state index in [1.165, 1.54) is 6.42 Å². The molecule has 14 heavy (non-hydrogen) atoms. The Balaban J connectivity index is 2.25. The lowest BCUT2D eigenvalue weighted by Gasteiger charge is -2.26. The van der Waals surface area contributed by atoms with Crippen LogP contribution in [0.3, 0.4) is 0 Å². The van der Waals surface area contributed by atoms with Crippen molar-refractivity contribution in [2.24, 2.45) is 5.92 Å². The van der Waals surface area contributed by atoms with Gasteiger partial charge in [0.05, 0.1) is 0 Å². The average molecular weight is 200 g/mol. The molecule has 2 N–H and O–H groups in total. The molecule has 1 aliphatic heterocycles.